The first kappa shape index (κ1) is 20.5. The van der Waals surface area contributed by atoms with Crippen LogP contribution in [0, 0.1) is 5.82 Å². The summed E-state index contributed by atoms with van der Waals surface area (Å²) < 4.78 is 13.4. The summed E-state index contributed by atoms with van der Waals surface area (Å²) >= 11 is 0. The third-order valence-corrected chi connectivity index (χ3v) is 3.58. The van der Waals surface area contributed by atoms with Crippen LogP contribution in [0.5, 0.6) is 0 Å². The number of hydrogen-bond donors (Lipinski definition) is 3. The van der Waals surface area contributed by atoms with Gasteiger partial charge in [-0.05, 0) is 19.2 Å². The number of piperazine rings is 1. The summed E-state index contributed by atoms with van der Waals surface area (Å²) in [6.45, 7) is 4.78. The SMILES string of the molecule is CN1CCN(CCC(=O)Nc2ccccc2F)CC1.O=C(O)C(=O)O. The summed E-state index contributed by atoms with van der Waals surface area (Å²) in [7, 11) is 2.10. The molecule has 8 nitrogen and oxygen atoms in total. The number of hydrogen-bond acceptors (Lipinski definition) is 5. The average molecular weight is 355 g/mol. The maximum atomic E-state index is 13.4. The number of rotatable bonds is 4. The molecule has 1 aliphatic rings. The van der Waals surface area contributed by atoms with E-state index in [2.05, 4.69) is 22.2 Å². The molecule has 25 heavy (non-hydrogen) atoms. The zero-order chi connectivity index (χ0) is 18.8. The molecule has 0 saturated carbocycles. The molecule has 1 amide bonds. The smallest absolute Gasteiger partial charge is 0.414 e. The number of likely N-dealkylation sites (N-methyl/N-ethyl adjacent to an activating group) is 1. The third-order valence-electron chi connectivity index (χ3n) is 3.58. The van der Waals surface area contributed by atoms with E-state index in [-0.39, 0.29) is 11.6 Å². The van der Waals surface area contributed by atoms with Crippen molar-refractivity contribution in [3.8, 4) is 0 Å². The summed E-state index contributed by atoms with van der Waals surface area (Å²) in [6, 6.07) is 6.23. The zero-order valence-corrected chi connectivity index (χ0v) is 13.9. The molecule has 1 saturated heterocycles. The molecule has 0 aliphatic carbocycles. The summed E-state index contributed by atoms with van der Waals surface area (Å²) in [4.78, 5) is 34.5. The Labute approximate surface area is 144 Å². The lowest BCUT2D eigenvalue weighted by Crippen LogP contribution is -2.45. The molecule has 1 aromatic carbocycles. The molecule has 0 radical (unpaired) electrons. The fourth-order valence-electron chi connectivity index (χ4n) is 2.11. The van der Waals surface area contributed by atoms with Crippen LogP contribution < -0.4 is 5.32 Å². The van der Waals surface area contributed by atoms with Gasteiger partial charge in [-0.15, -0.1) is 0 Å². The minimum absolute atomic E-state index is 0.135. The summed E-state index contributed by atoms with van der Waals surface area (Å²) in [5.74, 6) is -4.18. The van der Waals surface area contributed by atoms with Gasteiger partial charge in [0.05, 0.1) is 5.69 Å². The van der Waals surface area contributed by atoms with Crippen LogP contribution in [0.1, 0.15) is 6.42 Å². The minimum atomic E-state index is -1.82. The Morgan fingerprint density at radius 1 is 1.08 bits per heavy atom. The summed E-state index contributed by atoms with van der Waals surface area (Å²) in [6.07, 6.45) is 0.401. The van der Waals surface area contributed by atoms with E-state index in [9.17, 15) is 9.18 Å². The lowest BCUT2D eigenvalue weighted by Gasteiger charge is -2.32. The molecule has 9 heteroatoms. The molecule has 1 aliphatic heterocycles. The molecular formula is C16H22FN3O5. The van der Waals surface area contributed by atoms with Crippen LogP contribution in [0.3, 0.4) is 0 Å². The zero-order valence-electron chi connectivity index (χ0n) is 13.9. The van der Waals surface area contributed by atoms with E-state index >= 15 is 0 Å². The standard InChI is InChI=1S/C14H20FN3O.C2H2O4/c1-17-8-10-18(11-9-17)7-6-14(19)16-13-5-3-2-4-12(13)15;3-1(4)2(5)6/h2-5H,6-11H2,1H3,(H,16,19);(H,3,4)(H,5,6). The van der Waals surface area contributed by atoms with E-state index < -0.39 is 17.8 Å². The number of aliphatic carboxylic acids is 2. The van der Waals surface area contributed by atoms with Gasteiger partial charge in [0.1, 0.15) is 5.82 Å². The van der Waals surface area contributed by atoms with Crippen LogP contribution in [0.25, 0.3) is 0 Å². The quantitative estimate of drug-likeness (QED) is 0.677. The Balaban J connectivity index is 0.000000450. The fourth-order valence-corrected chi connectivity index (χ4v) is 2.11. The number of nitrogens with zero attached hydrogens (tertiary/aromatic N) is 2. The van der Waals surface area contributed by atoms with Crippen molar-refractivity contribution < 1.29 is 29.0 Å². The van der Waals surface area contributed by atoms with Crippen molar-refractivity contribution >= 4 is 23.5 Å². The first-order chi connectivity index (χ1) is 11.8. The molecule has 1 fully saturated rings. The first-order valence-corrected chi connectivity index (χ1v) is 7.71. The second kappa shape index (κ2) is 10.4. The van der Waals surface area contributed by atoms with Crippen molar-refractivity contribution in [2.75, 3.05) is 45.1 Å². The number of carboxylic acids is 2. The highest BCUT2D eigenvalue weighted by Crippen LogP contribution is 2.12. The normalized spacial score (nSPS) is 15.0. The largest absolute Gasteiger partial charge is 0.473 e. The number of carboxylic acid groups (broad SMARTS) is 2. The number of anilines is 1. The van der Waals surface area contributed by atoms with E-state index in [1.807, 2.05) is 0 Å². The predicted molar refractivity (Wildman–Crippen MR) is 88.9 cm³/mol. The number of carbonyl (C=O) groups excluding carboxylic acids is 1. The van der Waals surface area contributed by atoms with Crippen molar-refractivity contribution in [2.45, 2.75) is 6.42 Å². The lowest BCUT2D eigenvalue weighted by atomic mass is 10.2. The van der Waals surface area contributed by atoms with Crippen LogP contribution in [0.2, 0.25) is 0 Å². The van der Waals surface area contributed by atoms with Crippen molar-refractivity contribution in [2.24, 2.45) is 0 Å². The Morgan fingerprint density at radius 3 is 2.16 bits per heavy atom. The second-order valence-corrected chi connectivity index (χ2v) is 5.53. The second-order valence-electron chi connectivity index (χ2n) is 5.53. The van der Waals surface area contributed by atoms with Gasteiger partial charge in [-0.2, -0.15) is 0 Å². The van der Waals surface area contributed by atoms with Gasteiger partial charge >= 0.3 is 11.9 Å². The molecule has 1 aromatic rings. The van der Waals surface area contributed by atoms with Crippen LogP contribution in [0.4, 0.5) is 10.1 Å². The molecule has 1 heterocycles. The molecule has 138 valence electrons. The average Bonchev–Trinajstić information content (AvgIpc) is 2.57. The lowest BCUT2D eigenvalue weighted by molar-refractivity contribution is -0.159. The van der Waals surface area contributed by atoms with Gasteiger partial charge in [0.2, 0.25) is 5.91 Å². The van der Waals surface area contributed by atoms with Gasteiger partial charge < -0.3 is 25.3 Å². The molecule has 2 rings (SSSR count). The van der Waals surface area contributed by atoms with Crippen LogP contribution in [0.15, 0.2) is 24.3 Å². The van der Waals surface area contributed by atoms with E-state index in [0.717, 1.165) is 32.7 Å². The van der Waals surface area contributed by atoms with Crippen LogP contribution in [-0.4, -0.2) is 77.6 Å². The number of carbonyl (C=O) groups is 3. The van der Waals surface area contributed by atoms with Gasteiger partial charge in [-0.25, -0.2) is 14.0 Å². The van der Waals surface area contributed by atoms with Gasteiger partial charge in [-0.3, -0.25) is 4.79 Å². The van der Waals surface area contributed by atoms with Gasteiger partial charge in [0, 0.05) is 39.1 Å². The number of halogens is 1. The Hall–Kier alpha value is -2.52. The van der Waals surface area contributed by atoms with E-state index in [4.69, 9.17) is 19.8 Å². The molecule has 0 aromatic heterocycles. The number of amides is 1. The van der Waals surface area contributed by atoms with Gasteiger partial charge in [-0.1, -0.05) is 12.1 Å². The third kappa shape index (κ3) is 8.23. The highest BCUT2D eigenvalue weighted by molar-refractivity contribution is 6.27. The first-order valence-electron chi connectivity index (χ1n) is 7.71. The van der Waals surface area contributed by atoms with Crippen molar-refractivity contribution in [3.63, 3.8) is 0 Å². The number of benzene rings is 1. The van der Waals surface area contributed by atoms with E-state index in [0.29, 0.717) is 6.42 Å². The highest BCUT2D eigenvalue weighted by Gasteiger charge is 2.15. The summed E-state index contributed by atoms with van der Waals surface area (Å²) in [5.41, 5.74) is 0.255. The monoisotopic (exact) mass is 355 g/mol. The van der Waals surface area contributed by atoms with Crippen LogP contribution >= 0.6 is 0 Å². The predicted octanol–water partition coefficient (Wildman–Crippen LogP) is 0.557. The topological polar surface area (TPSA) is 110 Å². The molecule has 3 N–H and O–H groups in total. The number of para-hydroxylation sites is 1. The Bertz CT molecular complexity index is 591. The molecule has 0 spiro atoms. The van der Waals surface area contributed by atoms with Crippen LogP contribution in [-0.2, 0) is 14.4 Å². The van der Waals surface area contributed by atoms with E-state index in [1.165, 1.54) is 6.07 Å². The Kier molecular flexibility index (Phi) is 8.51. The van der Waals surface area contributed by atoms with Crippen molar-refractivity contribution in [1.82, 2.24) is 9.80 Å². The molecule has 0 unspecified atom stereocenters. The minimum Gasteiger partial charge on any atom is -0.473 e. The molecule has 0 bridgehead atoms. The molecule has 0 atom stereocenters. The number of nitrogens with one attached hydrogen (secondary N) is 1. The van der Waals surface area contributed by atoms with Crippen molar-refractivity contribution in [3.05, 3.63) is 30.1 Å². The highest BCUT2D eigenvalue weighted by atomic mass is 19.1. The molecular weight excluding hydrogens is 333 g/mol. The maximum absolute atomic E-state index is 13.4. The van der Waals surface area contributed by atoms with E-state index in [1.54, 1.807) is 18.2 Å². The van der Waals surface area contributed by atoms with Gasteiger partial charge in [0.15, 0.2) is 0 Å². The summed E-state index contributed by atoms with van der Waals surface area (Å²) in [5, 5.41) is 17.4. The Morgan fingerprint density at radius 2 is 1.64 bits per heavy atom. The maximum Gasteiger partial charge on any atom is 0.414 e. The van der Waals surface area contributed by atoms with Crippen molar-refractivity contribution in [1.29, 1.82) is 0 Å². The van der Waals surface area contributed by atoms with Gasteiger partial charge in [0.25, 0.3) is 0 Å². The fraction of sp³-hybridized carbons (Fsp3) is 0.438.